The van der Waals surface area contributed by atoms with Crippen LogP contribution in [0.2, 0.25) is 0 Å². The fourth-order valence-electron chi connectivity index (χ4n) is 2.10. The van der Waals surface area contributed by atoms with Gasteiger partial charge in [0.25, 0.3) is 0 Å². The molecule has 0 atom stereocenters. The van der Waals surface area contributed by atoms with Crippen molar-refractivity contribution in [2.45, 2.75) is 25.7 Å². The van der Waals surface area contributed by atoms with Gasteiger partial charge in [-0.3, -0.25) is 0 Å². The quantitative estimate of drug-likeness (QED) is 0.877. The summed E-state index contributed by atoms with van der Waals surface area (Å²) in [4.78, 5) is 0. The third-order valence-corrected chi connectivity index (χ3v) is 4.28. The van der Waals surface area contributed by atoms with Crippen LogP contribution in [0.3, 0.4) is 0 Å². The summed E-state index contributed by atoms with van der Waals surface area (Å²) in [6.45, 7) is 2.05. The second-order valence-corrected chi connectivity index (χ2v) is 6.33. The van der Waals surface area contributed by atoms with Crippen molar-refractivity contribution < 1.29 is 0 Å². The van der Waals surface area contributed by atoms with Gasteiger partial charge in [0, 0.05) is 14.9 Å². The standard InChI is InChI=1S/C12H12Br2N4/c1-6-4-8(13)11(9(14)5-6)18-10(7-2-3-7)12(15)16-17-18/h4-5,7H,2-3,15H2,1H3. The number of aromatic nitrogens is 3. The van der Waals surface area contributed by atoms with E-state index in [1.54, 1.807) is 0 Å². The molecule has 6 heteroatoms. The number of benzene rings is 1. The summed E-state index contributed by atoms with van der Waals surface area (Å²) in [5, 5.41) is 8.19. The summed E-state index contributed by atoms with van der Waals surface area (Å²) in [6, 6.07) is 4.13. The number of nitrogens with two attached hydrogens (primary N) is 1. The van der Waals surface area contributed by atoms with Crippen molar-refractivity contribution in [2.24, 2.45) is 0 Å². The number of aryl methyl sites for hydroxylation is 1. The highest BCUT2D eigenvalue weighted by Crippen LogP contribution is 2.44. The molecule has 94 valence electrons. The zero-order chi connectivity index (χ0) is 12.9. The Hall–Kier alpha value is -0.880. The molecule has 1 saturated carbocycles. The molecule has 0 aliphatic heterocycles. The molecule has 3 rings (SSSR count). The number of anilines is 1. The minimum Gasteiger partial charge on any atom is -0.381 e. The minimum absolute atomic E-state index is 0.500. The molecule has 0 saturated heterocycles. The summed E-state index contributed by atoms with van der Waals surface area (Å²) in [7, 11) is 0. The van der Waals surface area contributed by atoms with E-state index in [1.165, 1.54) is 18.4 Å². The van der Waals surface area contributed by atoms with Crippen molar-refractivity contribution in [2.75, 3.05) is 5.73 Å². The first-order chi connectivity index (χ1) is 8.58. The van der Waals surface area contributed by atoms with Gasteiger partial charge in [-0.1, -0.05) is 5.21 Å². The molecule has 2 N–H and O–H groups in total. The lowest BCUT2D eigenvalue weighted by atomic mass is 10.2. The van der Waals surface area contributed by atoms with Gasteiger partial charge < -0.3 is 5.73 Å². The van der Waals surface area contributed by atoms with Crippen LogP contribution < -0.4 is 5.73 Å². The van der Waals surface area contributed by atoms with Crippen LogP contribution >= 0.6 is 31.9 Å². The topological polar surface area (TPSA) is 56.7 Å². The van der Waals surface area contributed by atoms with E-state index in [-0.39, 0.29) is 0 Å². The van der Waals surface area contributed by atoms with Gasteiger partial charge in [0.05, 0.1) is 11.4 Å². The van der Waals surface area contributed by atoms with E-state index in [1.807, 2.05) is 4.68 Å². The van der Waals surface area contributed by atoms with E-state index in [9.17, 15) is 0 Å². The van der Waals surface area contributed by atoms with E-state index < -0.39 is 0 Å². The van der Waals surface area contributed by atoms with Gasteiger partial charge in [0.1, 0.15) is 0 Å². The zero-order valence-corrected chi connectivity index (χ0v) is 13.0. The summed E-state index contributed by atoms with van der Waals surface area (Å²) in [6.07, 6.45) is 2.33. The summed E-state index contributed by atoms with van der Waals surface area (Å²) >= 11 is 7.18. The molecule has 1 aliphatic rings. The molecule has 1 fully saturated rings. The highest BCUT2D eigenvalue weighted by atomic mass is 79.9. The number of rotatable bonds is 2. The second-order valence-electron chi connectivity index (χ2n) is 4.62. The molecule has 0 radical (unpaired) electrons. The SMILES string of the molecule is Cc1cc(Br)c(-n2nnc(N)c2C2CC2)c(Br)c1. The lowest BCUT2D eigenvalue weighted by molar-refractivity contribution is 0.758. The molecule has 0 amide bonds. The number of hydrogen-bond donors (Lipinski definition) is 1. The Morgan fingerprint density at radius 2 is 1.89 bits per heavy atom. The molecule has 1 heterocycles. The fraction of sp³-hybridized carbons (Fsp3) is 0.333. The summed E-state index contributed by atoms with van der Waals surface area (Å²) in [5.74, 6) is 1.04. The molecule has 1 aliphatic carbocycles. The third kappa shape index (κ3) is 1.97. The molecule has 0 unspecified atom stereocenters. The molecule has 1 aromatic heterocycles. The number of halogens is 2. The highest BCUT2D eigenvalue weighted by Gasteiger charge is 2.32. The van der Waals surface area contributed by atoms with E-state index >= 15 is 0 Å². The monoisotopic (exact) mass is 370 g/mol. The van der Waals surface area contributed by atoms with Gasteiger partial charge in [-0.2, -0.15) is 0 Å². The van der Waals surface area contributed by atoms with Crippen LogP contribution in [0.25, 0.3) is 5.69 Å². The van der Waals surface area contributed by atoms with Gasteiger partial charge in [-0.25, -0.2) is 4.68 Å². The van der Waals surface area contributed by atoms with E-state index in [0.717, 1.165) is 20.3 Å². The van der Waals surface area contributed by atoms with Crippen molar-refractivity contribution >= 4 is 37.7 Å². The van der Waals surface area contributed by atoms with Crippen LogP contribution in [0.5, 0.6) is 0 Å². The molecular weight excluding hydrogens is 360 g/mol. The van der Waals surface area contributed by atoms with Crippen LogP contribution in [-0.4, -0.2) is 15.0 Å². The Morgan fingerprint density at radius 3 is 2.44 bits per heavy atom. The molecule has 4 nitrogen and oxygen atoms in total. The van der Waals surface area contributed by atoms with E-state index in [2.05, 4.69) is 61.2 Å². The predicted molar refractivity (Wildman–Crippen MR) is 77.9 cm³/mol. The molecule has 0 spiro atoms. The Bertz CT molecular complexity index is 594. The Morgan fingerprint density at radius 1 is 1.28 bits per heavy atom. The molecule has 0 bridgehead atoms. The first-order valence-electron chi connectivity index (χ1n) is 5.75. The smallest absolute Gasteiger partial charge is 0.169 e. The van der Waals surface area contributed by atoms with Crippen molar-refractivity contribution in [3.05, 3.63) is 32.3 Å². The van der Waals surface area contributed by atoms with Gasteiger partial charge in [-0.05, 0) is 69.3 Å². The van der Waals surface area contributed by atoms with Gasteiger partial charge in [0.15, 0.2) is 5.82 Å². The first kappa shape index (κ1) is 12.2. The highest BCUT2D eigenvalue weighted by molar-refractivity contribution is 9.11. The number of nitrogen functional groups attached to an aromatic ring is 1. The van der Waals surface area contributed by atoms with E-state index in [4.69, 9.17) is 5.73 Å². The lowest BCUT2D eigenvalue weighted by Crippen LogP contribution is -2.04. The second kappa shape index (κ2) is 4.35. The van der Waals surface area contributed by atoms with Gasteiger partial charge in [-0.15, -0.1) is 5.10 Å². The van der Waals surface area contributed by atoms with Crippen molar-refractivity contribution in [1.82, 2.24) is 15.0 Å². The van der Waals surface area contributed by atoms with Crippen LogP contribution in [0.4, 0.5) is 5.82 Å². The summed E-state index contributed by atoms with van der Waals surface area (Å²) in [5.41, 5.74) is 9.10. The zero-order valence-electron chi connectivity index (χ0n) is 9.82. The van der Waals surface area contributed by atoms with Crippen molar-refractivity contribution in [1.29, 1.82) is 0 Å². The molecule has 18 heavy (non-hydrogen) atoms. The predicted octanol–water partition coefficient (Wildman–Crippen LogP) is 3.56. The third-order valence-electron chi connectivity index (χ3n) is 3.07. The van der Waals surface area contributed by atoms with Crippen LogP contribution in [0.15, 0.2) is 21.1 Å². The van der Waals surface area contributed by atoms with Crippen molar-refractivity contribution in [3.63, 3.8) is 0 Å². The fourth-order valence-corrected chi connectivity index (χ4v) is 3.85. The molecule has 1 aromatic carbocycles. The Labute approximate surface area is 122 Å². The molecule has 2 aromatic rings. The number of nitrogens with zero attached hydrogens (tertiary/aromatic N) is 3. The average molecular weight is 372 g/mol. The van der Waals surface area contributed by atoms with Crippen molar-refractivity contribution in [3.8, 4) is 5.69 Å². The maximum absolute atomic E-state index is 5.92. The Balaban J connectivity index is 2.21. The van der Waals surface area contributed by atoms with Gasteiger partial charge >= 0.3 is 0 Å². The molecular formula is C12H12Br2N4. The van der Waals surface area contributed by atoms with Crippen LogP contribution in [0, 0.1) is 6.92 Å². The maximum atomic E-state index is 5.92. The average Bonchev–Trinajstić information content (AvgIpc) is 3.03. The summed E-state index contributed by atoms with van der Waals surface area (Å²) < 4.78 is 3.82. The first-order valence-corrected chi connectivity index (χ1v) is 7.33. The lowest BCUT2D eigenvalue weighted by Gasteiger charge is -2.11. The largest absolute Gasteiger partial charge is 0.381 e. The van der Waals surface area contributed by atoms with E-state index in [0.29, 0.717) is 11.7 Å². The minimum atomic E-state index is 0.500. The maximum Gasteiger partial charge on any atom is 0.169 e. The normalized spacial score (nSPS) is 15.1. The van der Waals surface area contributed by atoms with Crippen LogP contribution in [0.1, 0.15) is 30.0 Å². The Kier molecular flexibility index (Phi) is 2.94. The van der Waals surface area contributed by atoms with Gasteiger partial charge in [0.2, 0.25) is 0 Å². The number of hydrogen-bond acceptors (Lipinski definition) is 3. The van der Waals surface area contributed by atoms with Crippen LogP contribution in [-0.2, 0) is 0 Å².